The largest absolute Gasteiger partial charge is 0.303 e. The van der Waals surface area contributed by atoms with Crippen LogP contribution in [0.5, 0.6) is 0 Å². The predicted octanol–water partition coefficient (Wildman–Crippen LogP) is 5.72. The number of nitrogens with zero attached hydrogens (tertiary/aromatic N) is 1. The second kappa shape index (κ2) is 8.94. The van der Waals surface area contributed by atoms with Gasteiger partial charge in [0, 0.05) is 18.5 Å². The summed E-state index contributed by atoms with van der Waals surface area (Å²) in [4.78, 5) is 14.8. The van der Waals surface area contributed by atoms with Crippen molar-refractivity contribution in [2.45, 2.75) is 18.0 Å². The Morgan fingerprint density at radius 2 is 1.09 bits per heavy atom. The molecule has 158 valence electrons. The van der Waals surface area contributed by atoms with E-state index in [2.05, 4.69) is 108 Å². The molecule has 1 aliphatic rings. The number of carbonyl (C=O) groups is 1. The van der Waals surface area contributed by atoms with Gasteiger partial charge in [-0.25, -0.2) is 0 Å². The van der Waals surface area contributed by atoms with E-state index >= 15 is 0 Å². The van der Waals surface area contributed by atoms with Gasteiger partial charge in [-0.1, -0.05) is 121 Å². The summed E-state index contributed by atoms with van der Waals surface area (Å²) in [5.74, 6) is -0.0482. The molecule has 3 atom stereocenters. The fraction of sp³-hybridized carbons (Fsp3) is 0.167. The zero-order valence-corrected chi connectivity index (χ0v) is 18.0. The van der Waals surface area contributed by atoms with Crippen LogP contribution in [0, 0.1) is 5.92 Å². The van der Waals surface area contributed by atoms with Crippen LogP contribution in [0.2, 0.25) is 0 Å². The third-order valence-electron chi connectivity index (χ3n) is 6.64. The number of benzene rings is 4. The minimum Gasteiger partial charge on any atom is -0.303 e. The van der Waals surface area contributed by atoms with Crippen LogP contribution in [-0.4, -0.2) is 23.8 Å². The Bertz CT molecular complexity index is 1050. The Kier molecular flexibility index (Phi) is 5.70. The summed E-state index contributed by atoms with van der Waals surface area (Å²) >= 11 is 0. The van der Waals surface area contributed by atoms with Gasteiger partial charge in [0.1, 0.15) is 6.29 Å². The van der Waals surface area contributed by atoms with Crippen molar-refractivity contribution >= 4 is 6.29 Å². The van der Waals surface area contributed by atoms with E-state index in [0.29, 0.717) is 0 Å². The highest BCUT2D eigenvalue weighted by Gasteiger charge is 2.55. The standard InChI is InChI=1S/C30H27NO/c32-23-25(21-24-13-5-1-6-14-24)29-22-31(29)30(26-15-7-2-8-16-26,27-17-9-3-10-18-27)28-19-11-4-12-20-28/h1-20,23,25,29H,21-22H2/t25-,29-,31?/m1/s1. The molecule has 0 amide bonds. The van der Waals surface area contributed by atoms with Crippen molar-refractivity contribution in [1.29, 1.82) is 0 Å². The van der Waals surface area contributed by atoms with Crippen LogP contribution >= 0.6 is 0 Å². The molecule has 1 aliphatic heterocycles. The lowest BCUT2D eigenvalue weighted by Gasteiger charge is -2.38. The minimum absolute atomic E-state index is 0.0482. The van der Waals surface area contributed by atoms with E-state index in [1.165, 1.54) is 22.3 Å². The zero-order valence-electron chi connectivity index (χ0n) is 18.0. The lowest BCUT2D eigenvalue weighted by atomic mass is 9.76. The van der Waals surface area contributed by atoms with Crippen LogP contribution in [0.3, 0.4) is 0 Å². The minimum atomic E-state index is -0.438. The molecule has 0 radical (unpaired) electrons. The summed E-state index contributed by atoms with van der Waals surface area (Å²) in [7, 11) is 0. The Balaban J connectivity index is 1.62. The number of carbonyl (C=O) groups excluding carboxylic acids is 1. The van der Waals surface area contributed by atoms with Crippen molar-refractivity contribution in [2.75, 3.05) is 6.54 Å². The van der Waals surface area contributed by atoms with Crippen molar-refractivity contribution in [2.24, 2.45) is 5.92 Å². The number of rotatable bonds is 8. The summed E-state index contributed by atoms with van der Waals surface area (Å²) in [6.45, 7) is 0.884. The van der Waals surface area contributed by atoms with Crippen LogP contribution < -0.4 is 0 Å². The highest BCUT2D eigenvalue weighted by atomic mass is 16.1. The third kappa shape index (κ3) is 3.68. The van der Waals surface area contributed by atoms with E-state index < -0.39 is 5.54 Å². The molecule has 1 fully saturated rings. The molecule has 0 saturated carbocycles. The zero-order chi connectivity index (χ0) is 21.8. The molecular formula is C30H27NO. The first-order valence-corrected chi connectivity index (χ1v) is 11.3. The first-order chi connectivity index (χ1) is 15.8. The number of aldehydes is 1. The van der Waals surface area contributed by atoms with E-state index in [-0.39, 0.29) is 12.0 Å². The summed E-state index contributed by atoms with van der Waals surface area (Å²) in [6.07, 6.45) is 1.92. The van der Waals surface area contributed by atoms with Crippen LogP contribution in [0.1, 0.15) is 22.3 Å². The summed E-state index contributed by atoms with van der Waals surface area (Å²) in [5.41, 5.74) is 4.45. The van der Waals surface area contributed by atoms with Gasteiger partial charge in [-0.3, -0.25) is 4.90 Å². The van der Waals surface area contributed by atoms with Gasteiger partial charge >= 0.3 is 0 Å². The quantitative estimate of drug-likeness (QED) is 0.208. The van der Waals surface area contributed by atoms with Gasteiger partial charge in [-0.15, -0.1) is 0 Å². The van der Waals surface area contributed by atoms with Crippen LogP contribution in [0.15, 0.2) is 121 Å². The molecule has 2 heteroatoms. The van der Waals surface area contributed by atoms with E-state index in [9.17, 15) is 4.79 Å². The van der Waals surface area contributed by atoms with Gasteiger partial charge in [0.25, 0.3) is 0 Å². The molecule has 1 unspecified atom stereocenters. The van der Waals surface area contributed by atoms with Crippen LogP contribution in [0.25, 0.3) is 0 Å². The summed E-state index contributed by atoms with van der Waals surface area (Å²) < 4.78 is 0. The molecule has 4 aromatic carbocycles. The molecule has 0 bridgehead atoms. The molecule has 0 N–H and O–H groups in total. The fourth-order valence-corrected chi connectivity index (χ4v) is 5.10. The Hall–Kier alpha value is -3.49. The average molecular weight is 418 g/mol. The molecule has 0 spiro atoms. The maximum Gasteiger partial charge on any atom is 0.125 e. The van der Waals surface area contributed by atoms with Gasteiger partial charge in [-0.2, -0.15) is 0 Å². The van der Waals surface area contributed by atoms with Crippen molar-refractivity contribution in [3.05, 3.63) is 144 Å². The maximum atomic E-state index is 12.2. The first kappa shape index (κ1) is 20.4. The second-order valence-corrected chi connectivity index (χ2v) is 8.52. The average Bonchev–Trinajstić information content (AvgIpc) is 3.67. The van der Waals surface area contributed by atoms with E-state index in [1.807, 2.05) is 18.2 Å². The fourth-order valence-electron chi connectivity index (χ4n) is 5.10. The van der Waals surface area contributed by atoms with Gasteiger partial charge in [0.2, 0.25) is 0 Å². The van der Waals surface area contributed by atoms with Crippen molar-refractivity contribution < 1.29 is 4.79 Å². The Morgan fingerprint density at radius 3 is 1.50 bits per heavy atom. The SMILES string of the molecule is O=C[C@@H](Cc1ccccc1)[C@H]1CN1C(c1ccccc1)(c1ccccc1)c1ccccc1. The van der Waals surface area contributed by atoms with Crippen LogP contribution in [-0.2, 0) is 16.8 Å². The smallest absolute Gasteiger partial charge is 0.125 e. The molecule has 0 aromatic heterocycles. The molecule has 1 heterocycles. The van der Waals surface area contributed by atoms with Crippen molar-refractivity contribution in [3.8, 4) is 0 Å². The van der Waals surface area contributed by atoms with E-state index in [1.54, 1.807) is 0 Å². The van der Waals surface area contributed by atoms with Gasteiger partial charge in [0.05, 0.1) is 5.54 Å². The van der Waals surface area contributed by atoms with Gasteiger partial charge < -0.3 is 4.79 Å². The summed E-state index contributed by atoms with van der Waals surface area (Å²) in [6, 6.07) is 42.6. The van der Waals surface area contributed by atoms with E-state index in [4.69, 9.17) is 0 Å². The molecule has 5 rings (SSSR count). The Morgan fingerprint density at radius 1 is 0.688 bits per heavy atom. The van der Waals surface area contributed by atoms with Crippen LogP contribution in [0.4, 0.5) is 0 Å². The predicted molar refractivity (Wildman–Crippen MR) is 129 cm³/mol. The third-order valence-corrected chi connectivity index (χ3v) is 6.64. The second-order valence-electron chi connectivity index (χ2n) is 8.52. The topological polar surface area (TPSA) is 20.1 Å². The van der Waals surface area contributed by atoms with Gasteiger partial charge in [-0.05, 0) is 28.7 Å². The molecular weight excluding hydrogens is 390 g/mol. The molecule has 4 aromatic rings. The summed E-state index contributed by atoms with van der Waals surface area (Å²) in [5, 5.41) is 0. The van der Waals surface area contributed by atoms with Crippen molar-refractivity contribution in [3.63, 3.8) is 0 Å². The molecule has 2 nitrogen and oxygen atoms in total. The highest BCUT2D eigenvalue weighted by molar-refractivity contribution is 5.59. The Labute approximate surface area is 190 Å². The molecule has 32 heavy (non-hydrogen) atoms. The van der Waals surface area contributed by atoms with E-state index in [0.717, 1.165) is 19.3 Å². The lowest BCUT2D eigenvalue weighted by molar-refractivity contribution is -0.111. The van der Waals surface area contributed by atoms with Gasteiger partial charge in [0.15, 0.2) is 0 Å². The monoisotopic (exact) mass is 417 g/mol. The highest BCUT2D eigenvalue weighted by Crippen LogP contribution is 2.49. The van der Waals surface area contributed by atoms with Crippen molar-refractivity contribution in [1.82, 2.24) is 4.90 Å². The maximum absolute atomic E-state index is 12.2. The molecule has 1 saturated heterocycles. The lowest BCUT2D eigenvalue weighted by Crippen LogP contribution is -2.40. The number of hydrogen-bond donors (Lipinski definition) is 0. The normalized spacial score (nSPS) is 18.6. The molecule has 0 aliphatic carbocycles. The first-order valence-electron chi connectivity index (χ1n) is 11.3. The number of hydrogen-bond acceptors (Lipinski definition) is 2.